The highest BCUT2D eigenvalue weighted by Gasteiger charge is 2.28. The SMILES string of the molecule is COC(=O)c1sc(N)c(C(=O)OC)c1COC(=O)[C@@H](C)Oc1ccc(F)cc1. The van der Waals surface area contributed by atoms with E-state index in [0.717, 1.165) is 18.4 Å². The first kappa shape index (κ1) is 21.2. The maximum Gasteiger partial charge on any atom is 0.348 e. The summed E-state index contributed by atoms with van der Waals surface area (Å²) >= 11 is 0.826. The number of nitrogen functional groups attached to an aromatic ring is 1. The van der Waals surface area contributed by atoms with Gasteiger partial charge in [0, 0.05) is 5.56 Å². The molecule has 0 fully saturated rings. The van der Waals surface area contributed by atoms with Crippen LogP contribution < -0.4 is 10.5 Å². The van der Waals surface area contributed by atoms with Crippen molar-refractivity contribution in [3.63, 3.8) is 0 Å². The van der Waals surface area contributed by atoms with Crippen LogP contribution in [0.25, 0.3) is 0 Å². The van der Waals surface area contributed by atoms with Gasteiger partial charge in [-0.1, -0.05) is 0 Å². The Bertz CT molecular complexity index is 879. The highest BCUT2D eigenvalue weighted by atomic mass is 32.1. The van der Waals surface area contributed by atoms with Crippen molar-refractivity contribution in [1.82, 2.24) is 0 Å². The summed E-state index contributed by atoms with van der Waals surface area (Å²) in [5, 5.41) is 0.0360. The zero-order valence-corrected chi connectivity index (χ0v) is 16.1. The van der Waals surface area contributed by atoms with Crippen molar-refractivity contribution in [3.8, 4) is 5.75 Å². The van der Waals surface area contributed by atoms with Crippen molar-refractivity contribution in [2.75, 3.05) is 20.0 Å². The standard InChI is InChI=1S/C18H18FNO7S/c1-9(27-11-6-4-10(19)5-7-11)16(21)26-8-12-13(17(22)24-2)15(20)28-14(12)18(23)25-3/h4-7,9H,8,20H2,1-3H3/t9-/m1/s1. The Labute approximate surface area is 163 Å². The Balaban J connectivity index is 2.15. The monoisotopic (exact) mass is 411 g/mol. The van der Waals surface area contributed by atoms with E-state index in [2.05, 4.69) is 9.47 Å². The molecule has 0 bridgehead atoms. The fraction of sp³-hybridized carbons (Fsp3) is 0.278. The third-order valence-corrected chi connectivity index (χ3v) is 4.65. The second kappa shape index (κ2) is 9.18. The van der Waals surface area contributed by atoms with Crippen molar-refractivity contribution < 1.29 is 37.7 Å². The molecule has 28 heavy (non-hydrogen) atoms. The van der Waals surface area contributed by atoms with Crippen molar-refractivity contribution >= 4 is 34.2 Å². The molecule has 150 valence electrons. The van der Waals surface area contributed by atoms with Crippen LogP contribution >= 0.6 is 11.3 Å². The van der Waals surface area contributed by atoms with Crippen molar-refractivity contribution in [2.24, 2.45) is 0 Å². The second-order valence-electron chi connectivity index (χ2n) is 5.45. The fourth-order valence-corrected chi connectivity index (χ4v) is 3.21. The maximum atomic E-state index is 12.9. The lowest BCUT2D eigenvalue weighted by atomic mass is 10.1. The lowest BCUT2D eigenvalue weighted by molar-refractivity contribution is -0.152. The summed E-state index contributed by atoms with van der Waals surface area (Å²) in [5.74, 6) is -2.43. The van der Waals surface area contributed by atoms with Crippen LogP contribution in [0.4, 0.5) is 9.39 Å². The van der Waals surface area contributed by atoms with E-state index in [4.69, 9.17) is 15.2 Å². The number of anilines is 1. The normalized spacial score (nSPS) is 11.4. The molecule has 0 amide bonds. The molecule has 0 spiro atoms. The van der Waals surface area contributed by atoms with E-state index in [0.29, 0.717) is 0 Å². The largest absolute Gasteiger partial charge is 0.479 e. The van der Waals surface area contributed by atoms with Crippen LogP contribution in [0, 0.1) is 5.82 Å². The summed E-state index contributed by atoms with van der Waals surface area (Å²) in [5.41, 5.74) is 5.83. The molecule has 2 N–H and O–H groups in total. The van der Waals surface area contributed by atoms with Crippen LogP contribution in [0.2, 0.25) is 0 Å². The minimum absolute atomic E-state index is 0.0281. The predicted molar refractivity (Wildman–Crippen MR) is 97.7 cm³/mol. The average molecular weight is 411 g/mol. The molecule has 1 aromatic carbocycles. The zero-order valence-electron chi connectivity index (χ0n) is 15.3. The van der Waals surface area contributed by atoms with Gasteiger partial charge in [0.05, 0.1) is 14.2 Å². The molecule has 1 atom stereocenters. The molecule has 0 aliphatic rings. The highest BCUT2D eigenvalue weighted by Crippen LogP contribution is 2.33. The van der Waals surface area contributed by atoms with Crippen LogP contribution in [0.15, 0.2) is 24.3 Å². The van der Waals surface area contributed by atoms with Crippen molar-refractivity contribution in [3.05, 3.63) is 46.1 Å². The number of hydrogen-bond acceptors (Lipinski definition) is 9. The number of benzene rings is 1. The molecular weight excluding hydrogens is 393 g/mol. The molecule has 0 radical (unpaired) electrons. The smallest absolute Gasteiger partial charge is 0.348 e. The molecule has 0 unspecified atom stereocenters. The van der Waals surface area contributed by atoms with E-state index in [1.807, 2.05) is 0 Å². The van der Waals surface area contributed by atoms with Gasteiger partial charge in [-0.25, -0.2) is 18.8 Å². The van der Waals surface area contributed by atoms with Crippen molar-refractivity contribution in [1.29, 1.82) is 0 Å². The second-order valence-corrected chi connectivity index (χ2v) is 6.51. The van der Waals surface area contributed by atoms with Gasteiger partial charge in [0.25, 0.3) is 0 Å². The third-order valence-electron chi connectivity index (χ3n) is 3.61. The molecule has 1 aromatic heterocycles. The summed E-state index contributed by atoms with van der Waals surface area (Å²) < 4.78 is 32.8. The first-order chi connectivity index (χ1) is 13.3. The number of ether oxygens (including phenoxy) is 4. The molecule has 0 aliphatic heterocycles. The predicted octanol–water partition coefficient (Wildman–Crippen LogP) is 2.55. The summed E-state index contributed by atoms with van der Waals surface area (Å²) in [6, 6.07) is 5.10. The highest BCUT2D eigenvalue weighted by molar-refractivity contribution is 7.18. The summed E-state index contributed by atoms with van der Waals surface area (Å²) in [6.45, 7) is 1.02. The van der Waals surface area contributed by atoms with Gasteiger partial charge in [-0.3, -0.25) is 0 Å². The van der Waals surface area contributed by atoms with Gasteiger partial charge in [-0.15, -0.1) is 11.3 Å². The maximum absolute atomic E-state index is 12.9. The Kier molecular flexibility index (Phi) is 6.94. The number of rotatable bonds is 7. The van der Waals surface area contributed by atoms with E-state index >= 15 is 0 Å². The number of carbonyl (C=O) groups excluding carboxylic acids is 3. The Morgan fingerprint density at radius 1 is 1.11 bits per heavy atom. The first-order valence-corrected chi connectivity index (χ1v) is 8.76. The lowest BCUT2D eigenvalue weighted by Crippen LogP contribution is -2.26. The number of methoxy groups -OCH3 is 2. The molecule has 2 rings (SSSR count). The lowest BCUT2D eigenvalue weighted by Gasteiger charge is -2.14. The van der Waals surface area contributed by atoms with Crippen LogP contribution in [0.3, 0.4) is 0 Å². The van der Waals surface area contributed by atoms with Gasteiger partial charge in [-0.2, -0.15) is 0 Å². The molecule has 10 heteroatoms. The van der Waals surface area contributed by atoms with Gasteiger partial charge in [0.15, 0.2) is 6.10 Å². The number of carbonyl (C=O) groups is 3. The molecule has 2 aromatic rings. The van der Waals surface area contributed by atoms with Crippen LogP contribution in [-0.2, 0) is 25.6 Å². The van der Waals surface area contributed by atoms with Crippen LogP contribution in [0.1, 0.15) is 32.5 Å². The molecule has 1 heterocycles. The van der Waals surface area contributed by atoms with E-state index < -0.39 is 36.4 Å². The van der Waals surface area contributed by atoms with Crippen LogP contribution in [-0.4, -0.2) is 38.2 Å². The summed E-state index contributed by atoms with van der Waals surface area (Å²) in [6.07, 6.45) is -1.02. The number of hydrogen-bond donors (Lipinski definition) is 1. The minimum Gasteiger partial charge on any atom is -0.479 e. The minimum atomic E-state index is -1.02. The molecule has 8 nitrogen and oxygen atoms in total. The molecule has 0 aliphatic carbocycles. The fourth-order valence-electron chi connectivity index (χ4n) is 2.23. The molecule has 0 saturated carbocycles. The number of nitrogens with two attached hydrogens (primary N) is 1. The van der Waals surface area contributed by atoms with Gasteiger partial charge in [-0.05, 0) is 31.2 Å². The van der Waals surface area contributed by atoms with E-state index in [9.17, 15) is 18.8 Å². The number of thiophene rings is 1. The summed E-state index contributed by atoms with van der Waals surface area (Å²) in [4.78, 5) is 36.2. The van der Waals surface area contributed by atoms with Gasteiger partial charge in [0.1, 0.15) is 33.6 Å². The van der Waals surface area contributed by atoms with Gasteiger partial charge >= 0.3 is 17.9 Å². The van der Waals surface area contributed by atoms with E-state index in [1.165, 1.54) is 38.3 Å². The molecular formula is C18H18FNO7S. The van der Waals surface area contributed by atoms with Gasteiger partial charge < -0.3 is 24.7 Å². The summed E-state index contributed by atoms with van der Waals surface area (Å²) in [7, 11) is 2.33. The average Bonchev–Trinajstić information content (AvgIpc) is 3.02. The molecule has 0 saturated heterocycles. The van der Waals surface area contributed by atoms with Crippen molar-refractivity contribution in [2.45, 2.75) is 19.6 Å². The number of esters is 3. The van der Waals surface area contributed by atoms with Gasteiger partial charge in [0.2, 0.25) is 0 Å². The first-order valence-electron chi connectivity index (χ1n) is 7.95. The van der Waals surface area contributed by atoms with Crippen LogP contribution in [0.5, 0.6) is 5.75 Å². The zero-order chi connectivity index (χ0) is 20.8. The Hall–Kier alpha value is -3.14. The Morgan fingerprint density at radius 2 is 1.71 bits per heavy atom. The third kappa shape index (κ3) is 4.77. The Morgan fingerprint density at radius 3 is 2.29 bits per heavy atom. The van der Waals surface area contributed by atoms with E-state index in [-0.39, 0.29) is 26.8 Å². The number of halogens is 1. The topological polar surface area (TPSA) is 114 Å². The van der Waals surface area contributed by atoms with E-state index in [1.54, 1.807) is 0 Å². The quantitative estimate of drug-likeness (QED) is 0.546.